The molecule has 366 valence electrons. The first kappa shape index (κ1) is 44.1. The Morgan fingerprint density at radius 2 is 0.582 bits per heavy atom. The fourth-order valence-corrected chi connectivity index (χ4v) is 14.7. The van der Waals surface area contributed by atoms with E-state index in [9.17, 15) is 0 Å². The zero-order valence-electron chi connectivity index (χ0n) is 42.9. The Morgan fingerprint density at radius 3 is 1.06 bits per heavy atom. The summed E-state index contributed by atoms with van der Waals surface area (Å²) in [7, 11) is 0. The van der Waals surface area contributed by atoms with Gasteiger partial charge in [-0.3, -0.25) is 0 Å². The molecule has 0 aliphatic carbocycles. The van der Waals surface area contributed by atoms with Gasteiger partial charge in [0.15, 0.2) is 0 Å². The second kappa shape index (κ2) is 17.2. The van der Waals surface area contributed by atoms with E-state index < -0.39 is 0 Å². The number of aromatic nitrogens is 2. The molecule has 0 saturated carbocycles. The molecule has 0 saturated heterocycles. The van der Waals surface area contributed by atoms with Crippen molar-refractivity contribution >= 4 is 118 Å². The van der Waals surface area contributed by atoms with Gasteiger partial charge in [-0.15, -0.1) is 11.3 Å². The lowest BCUT2D eigenvalue weighted by atomic mass is 9.89. The topological polar surface area (TPSA) is 9.86 Å². The molecule has 0 radical (unpaired) electrons. The number of fused-ring (bicyclic) bond motifs is 13. The molecule has 3 heteroatoms. The summed E-state index contributed by atoms with van der Waals surface area (Å²) < 4.78 is 7.63. The molecule has 0 aliphatic rings. The molecule has 17 aromatic rings. The van der Waals surface area contributed by atoms with Crippen molar-refractivity contribution in [2.75, 3.05) is 0 Å². The lowest BCUT2D eigenvalue weighted by Crippen LogP contribution is -1.99. The molecule has 0 unspecified atom stereocenters. The van der Waals surface area contributed by atoms with E-state index in [1.165, 1.54) is 163 Å². The maximum Gasteiger partial charge on any atom is 0.0619 e. The molecule has 0 spiro atoms. The van der Waals surface area contributed by atoms with Crippen LogP contribution in [-0.2, 0) is 0 Å². The minimum absolute atomic E-state index is 1.20. The third-order valence-electron chi connectivity index (χ3n) is 16.9. The molecule has 17 rings (SSSR count). The Balaban J connectivity index is 0.865. The van der Waals surface area contributed by atoms with Crippen molar-refractivity contribution in [3.63, 3.8) is 0 Å². The van der Waals surface area contributed by atoms with Gasteiger partial charge in [0.05, 0.1) is 33.4 Å². The van der Waals surface area contributed by atoms with Crippen LogP contribution in [0.3, 0.4) is 0 Å². The Kier molecular flexibility index (Phi) is 9.62. The third-order valence-corrected chi connectivity index (χ3v) is 18.1. The first-order chi connectivity index (χ1) is 39.2. The van der Waals surface area contributed by atoms with Crippen LogP contribution in [-0.4, -0.2) is 9.13 Å². The van der Waals surface area contributed by atoms with Crippen LogP contribution in [0.4, 0.5) is 0 Å². The van der Waals surface area contributed by atoms with Crippen molar-refractivity contribution < 1.29 is 0 Å². The molecule has 3 heterocycles. The monoisotopic (exact) mass is 1020 g/mol. The Bertz CT molecular complexity index is 5250. The number of rotatable bonds is 6. The number of thiophene rings is 1. The van der Waals surface area contributed by atoms with Gasteiger partial charge in [0, 0.05) is 68.8 Å². The molecule has 14 aromatic carbocycles. The van der Waals surface area contributed by atoms with E-state index in [0.717, 1.165) is 0 Å². The Morgan fingerprint density at radius 1 is 0.215 bits per heavy atom. The van der Waals surface area contributed by atoms with Gasteiger partial charge in [0.2, 0.25) is 0 Å². The molecule has 0 aliphatic heterocycles. The van der Waals surface area contributed by atoms with E-state index in [0.29, 0.717) is 0 Å². The van der Waals surface area contributed by atoms with Crippen LogP contribution < -0.4 is 0 Å². The van der Waals surface area contributed by atoms with Crippen molar-refractivity contribution in [1.82, 2.24) is 9.13 Å². The number of hydrogen-bond donors (Lipinski definition) is 0. The summed E-state index contributed by atoms with van der Waals surface area (Å²) in [4.78, 5) is 0. The van der Waals surface area contributed by atoms with E-state index in [1.807, 2.05) is 11.3 Å². The van der Waals surface area contributed by atoms with E-state index in [1.54, 1.807) is 0 Å². The van der Waals surface area contributed by atoms with Gasteiger partial charge in [0.25, 0.3) is 0 Å². The van der Waals surface area contributed by atoms with Crippen LogP contribution in [0.25, 0.3) is 163 Å². The van der Waals surface area contributed by atoms with Gasteiger partial charge >= 0.3 is 0 Å². The normalized spacial score (nSPS) is 12.1. The predicted octanol–water partition coefficient (Wildman–Crippen LogP) is 21.5. The number of nitrogens with zero attached hydrogens (tertiary/aromatic N) is 2. The first-order valence-electron chi connectivity index (χ1n) is 27.2. The minimum Gasteiger partial charge on any atom is -0.308 e. The molecular formula is C76H46N2S. The zero-order chi connectivity index (χ0) is 51.7. The van der Waals surface area contributed by atoms with Crippen LogP contribution in [0.1, 0.15) is 0 Å². The van der Waals surface area contributed by atoms with Crippen molar-refractivity contribution in [3.8, 4) is 55.9 Å². The van der Waals surface area contributed by atoms with Crippen molar-refractivity contribution in [2.45, 2.75) is 0 Å². The lowest BCUT2D eigenvalue weighted by Gasteiger charge is -2.20. The molecule has 0 bridgehead atoms. The average Bonchev–Trinajstić information content (AvgIpc) is 4.21. The highest BCUT2D eigenvalue weighted by Gasteiger charge is 2.25. The highest BCUT2D eigenvalue weighted by atomic mass is 32.1. The maximum absolute atomic E-state index is 2.53. The Hall–Kier alpha value is -10.1. The average molecular weight is 1020 g/mol. The number of para-hydroxylation sites is 2. The molecule has 0 atom stereocenters. The van der Waals surface area contributed by atoms with Crippen LogP contribution in [0.5, 0.6) is 0 Å². The summed E-state index contributed by atoms with van der Waals surface area (Å²) in [6.45, 7) is 0. The zero-order valence-corrected chi connectivity index (χ0v) is 43.7. The highest BCUT2D eigenvalue weighted by Crippen LogP contribution is 2.50. The molecule has 79 heavy (non-hydrogen) atoms. The van der Waals surface area contributed by atoms with E-state index in [4.69, 9.17) is 0 Å². The van der Waals surface area contributed by atoms with Gasteiger partial charge in [-0.2, -0.15) is 0 Å². The summed E-state index contributed by atoms with van der Waals surface area (Å²) in [6, 6.07) is 104. The summed E-state index contributed by atoms with van der Waals surface area (Å²) >= 11 is 1.91. The summed E-state index contributed by atoms with van der Waals surface area (Å²) in [5, 5.41) is 17.4. The van der Waals surface area contributed by atoms with E-state index in [2.05, 4.69) is 288 Å². The SMILES string of the molecule is c1ccc(-c2ccc3c(c2)c2ccccc2n3-c2c3ccccc3c(-c3ccc4sc5c(-c6c7ccccc7c(-n7c8ccccc8c8cc(-c9ccccc9)ccc87)c7ccccc67)cccc5c4c3)c3ccccc23)cc1. The Labute approximate surface area is 459 Å². The van der Waals surface area contributed by atoms with E-state index >= 15 is 0 Å². The van der Waals surface area contributed by atoms with Crippen molar-refractivity contribution in [1.29, 1.82) is 0 Å². The smallest absolute Gasteiger partial charge is 0.0619 e. The first-order valence-corrected chi connectivity index (χ1v) is 28.1. The van der Waals surface area contributed by atoms with Gasteiger partial charge in [-0.25, -0.2) is 0 Å². The van der Waals surface area contributed by atoms with Crippen LogP contribution in [0.2, 0.25) is 0 Å². The summed E-state index contributed by atoms with van der Waals surface area (Å²) in [6.07, 6.45) is 0. The fourth-order valence-electron chi connectivity index (χ4n) is 13.5. The van der Waals surface area contributed by atoms with Gasteiger partial charge in [-0.1, -0.05) is 231 Å². The summed E-state index contributed by atoms with van der Waals surface area (Å²) in [5.41, 5.74) is 17.1. The number of benzene rings is 14. The highest BCUT2D eigenvalue weighted by molar-refractivity contribution is 7.26. The van der Waals surface area contributed by atoms with Gasteiger partial charge < -0.3 is 9.13 Å². The minimum atomic E-state index is 1.20. The molecule has 2 nitrogen and oxygen atoms in total. The van der Waals surface area contributed by atoms with Crippen molar-refractivity contribution in [3.05, 3.63) is 279 Å². The molecule has 3 aromatic heterocycles. The molecule has 0 fully saturated rings. The molecular weight excluding hydrogens is 973 g/mol. The quantitative estimate of drug-likeness (QED) is 0.147. The predicted molar refractivity (Wildman–Crippen MR) is 340 cm³/mol. The van der Waals surface area contributed by atoms with Crippen LogP contribution in [0.15, 0.2) is 279 Å². The summed E-state index contributed by atoms with van der Waals surface area (Å²) in [5.74, 6) is 0. The largest absolute Gasteiger partial charge is 0.308 e. The molecule has 0 amide bonds. The fraction of sp³-hybridized carbons (Fsp3) is 0. The molecule has 0 N–H and O–H groups in total. The second-order valence-electron chi connectivity index (χ2n) is 21.0. The number of hydrogen-bond acceptors (Lipinski definition) is 1. The standard InChI is InChI=1S/C76H46N2S/c1-3-20-47(21-4-1)49-38-41-69-64(44-49)52-24-15-17-36-67(52)77(69)74-58-30-11-7-26-54(58)72(55-27-8-12-31-59(55)74)51-40-43-71-66(46-51)62-34-19-35-63(76(62)79-71)73-56-28-9-13-32-60(56)75(61-33-14-10-29-57(61)73)78-68-37-18-16-25-53(68)65-45-50(39-42-70(65)78)48-22-5-2-6-23-48/h1-46H. The maximum atomic E-state index is 2.53. The van der Waals surface area contributed by atoms with Crippen LogP contribution in [0, 0.1) is 0 Å². The van der Waals surface area contributed by atoms with Crippen molar-refractivity contribution in [2.24, 2.45) is 0 Å². The van der Waals surface area contributed by atoms with E-state index in [-0.39, 0.29) is 0 Å². The third kappa shape index (κ3) is 6.51. The van der Waals surface area contributed by atoms with Gasteiger partial charge in [-0.05, 0) is 109 Å². The van der Waals surface area contributed by atoms with Gasteiger partial charge in [0.1, 0.15) is 0 Å². The van der Waals surface area contributed by atoms with Crippen LogP contribution >= 0.6 is 11.3 Å². The lowest BCUT2D eigenvalue weighted by molar-refractivity contribution is 1.21. The second-order valence-corrected chi connectivity index (χ2v) is 22.1.